The van der Waals surface area contributed by atoms with Crippen molar-refractivity contribution in [2.24, 2.45) is 11.8 Å². The summed E-state index contributed by atoms with van der Waals surface area (Å²) in [6.45, 7) is 6.06. The van der Waals surface area contributed by atoms with Crippen molar-refractivity contribution in [3.8, 4) is 23.3 Å². The van der Waals surface area contributed by atoms with E-state index in [0.717, 1.165) is 54.1 Å². The summed E-state index contributed by atoms with van der Waals surface area (Å²) in [4.78, 5) is 17.7. The lowest BCUT2D eigenvalue weighted by atomic mass is 9.46. The lowest BCUT2D eigenvalue weighted by molar-refractivity contribution is -0.212. The largest absolute Gasteiger partial charge is 0.504 e. The van der Waals surface area contributed by atoms with E-state index in [-0.39, 0.29) is 29.7 Å². The second kappa shape index (κ2) is 8.24. The number of amides is 1. The van der Waals surface area contributed by atoms with Gasteiger partial charge in [-0.1, -0.05) is 31.0 Å². The van der Waals surface area contributed by atoms with Crippen molar-refractivity contribution in [1.82, 2.24) is 9.80 Å². The number of aromatic hydroxyl groups is 1. The van der Waals surface area contributed by atoms with Crippen LogP contribution >= 0.6 is 0 Å². The molecule has 2 bridgehead atoms. The number of aliphatic hydroxyl groups is 1. The third-order valence-corrected chi connectivity index (χ3v) is 10.2. The highest BCUT2D eigenvalue weighted by Gasteiger charge is 2.74. The monoisotopic (exact) mass is 512 g/mol. The number of carbonyl (C=O) groups excluding carboxylic acids is 1. The molecule has 2 heterocycles. The van der Waals surface area contributed by atoms with Gasteiger partial charge in [-0.2, -0.15) is 0 Å². The minimum atomic E-state index is -0.982. The third kappa shape index (κ3) is 3.25. The molecule has 2 aromatic carbocycles. The number of ether oxygens (including phenoxy) is 1. The fourth-order valence-corrected chi connectivity index (χ4v) is 8.39. The zero-order valence-corrected chi connectivity index (χ0v) is 22.4. The van der Waals surface area contributed by atoms with Crippen LogP contribution in [-0.2, 0) is 16.6 Å². The molecule has 6 atom stereocenters. The molecule has 6 nitrogen and oxygen atoms in total. The first-order valence-electron chi connectivity index (χ1n) is 14.1. The SMILES string of the molecule is Cc1cccc(C#CC(=O)N(C)[C@@H]2[C@H](C)C[C@@]3(O)[C@H]4Cc5ccc(O)c6c5[C@@]3(CCN4CC3CC3)[C@H]2O6)c1. The zero-order chi connectivity index (χ0) is 26.4. The van der Waals surface area contributed by atoms with Crippen LogP contribution < -0.4 is 4.74 Å². The number of nitrogens with zero attached hydrogens (tertiary/aromatic N) is 2. The Labute approximate surface area is 224 Å². The predicted octanol–water partition coefficient (Wildman–Crippen LogP) is 3.39. The topological polar surface area (TPSA) is 73.2 Å². The van der Waals surface area contributed by atoms with Gasteiger partial charge in [0.15, 0.2) is 11.5 Å². The molecule has 2 aromatic rings. The smallest absolute Gasteiger partial charge is 0.298 e. The number of likely N-dealkylation sites (tertiary alicyclic amines) is 1. The number of rotatable bonds is 3. The fraction of sp³-hybridized carbons (Fsp3) is 0.531. The van der Waals surface area contributed by atoms with Crippen molar-refractivity contribution in [1.29, 1.82) is 0 Å². The molecular weight excluding hydrogens is 476 g/mol. The van der Waals surface area contributed by atoms with Gasteiger partial charge in [0.25, 0.3) is 5.91 Å². The average Bonchev–Trinajstić information content (AvgIpc) is 3.62. The summed E-state index contributed by atoms with van der Waals surface area (Å²) in [6.07, 6.45) is 4.21. The molecule has 3 aliphatic carbocycles. The van der Waals surface area contributed by atoms with Gasteiger partial charge >= 0.3 is 0 Å². The summed E-state index contributed by atoms with van der Waals surface area (Å²) in [5.41, 5.74) is 2.42. The number of hydrogen-bond donors (Lipinski definition) is 2. The van der Waals surface area contributed by atoms with Gasteiger partial charge in [-0.05, 0) is 86.7 Å². The summed E-state index contributed by atoms with van der Waals surface area (Å²) in [6, 6.07) is 11.3. The first-order valence-corrected chi connectivity index (χ1v) is 14.1. The Kier molecular flexibility index (Phi) is 5.22. The molecule has 1 saturated heterocycles. The van der Waals surface area contributed by atoms with E-state index >= 15 is 0 Å². The van der Waals surface area contributed by atoms with E-state index in [1.807, 2.05) is 44.3 Å². The molecule has 0 aromatic heterocycles. The number of carbonyl (C=O) groups is 1. The standard InChI is InChI=1S/C32H36N2O4/c1-19-5-4-6-21(15-19)9-12-26(36)33(3)28-20(2)17-32(37)25-16-23-10-11-24(35)29-27(23)31(32,30(28)38-29)13-14-34(25)18-22-7-8-22/h4-6,10-11,15,20,22,25,28,30,35,37H,7-8,13-14,16-18H2,1-3H3/t20-,25-,28-,30+,31+,32-/m1/s1. The summed E-state index contributed by atoms with van der Waals surface area (Å²) in [5.74, 6) is 6.99. The molecule has 7 rings (SSSR count). The van der Waals surface area contributed by atoms with E-state index in [1.165, 1.54) is 12.8 Å². The van der Waals surface area contributed by atoms with Gasteiger partial charge in [-0.15, -0.1) is 0 Å². The van der Waals surface area contributed by atoms with Crippen molar-refractivity contribution in [3.63, 3.8) is 0 Å². The maximum atomic E-state index is 13.4. The Morgan fingerprint density at radius 3 is 2.84 bits per heavy atom. The molecule has 198 valence electrons. The highest BCUT2D eigenvalue weighted by Crippen LogP contribution is 2.66. The van der Waals surface area contributed by atoms with Crippen LogP contribution in [0.25, 0.3) is 0 Å². The van der Waals surface area contributed by atoms with Crippen LogP contribution in [0.15, 0.2) is 36.4 Å². The Morgan fingerprint density at radius 2 is 2.08 bits per heavy atom. The van der Waals surface area contributed by atoms with Crippen molar-refractivity contribution >= 4 is 5.91 Å². The number of phenols is 1. The van der Waals surface area contributed by atoms with Gasteiger partial charge < -0.3 is 19.8 Å². The quantitative estimate of drug-likeness (QED) is 0.617. The second-order valence-corrected chi connectivity index (χ2v) is 12.5. The molecule has 0 unspecified atom stereocenters. The molecule has 2 N–H and O–H groups in total. The minimum absolute atomic E-state index is 0.00535. The molecule has 2 aliphatic heterocycles. The van der Waals surface area contributed by atoms with Crippen molar-refractivity contribution < 1.29 is 19.7 Å². The van der Waals surface area contributed by atoms with Gasteiger partial charge in [-0.25, -0.2) is 0 Å². The van der Waals surface area contributed by atoms with Crippen molar-refractivity contribution in [3.05, 3.63) is 58.7 Å². The molecule has 2 saturated carbocycles. The van der Waals surface area contributed by atoms with E-state index in [0.29, 0.717) is 12.2 Å². The van der Waals surface area contributed by atoms with Crippen LogP contribution in [-0.4, -0.2) is 69.8 Å². The number of benzene rings is 2. The predicted molar refractivity (Wildman–Crippen MR) is 144 cm³/mol. The maximum Gasteiger partial charge on any atom is 0.298 e. The molecule has 0 radical (unpaired) electrons. The number of phenolic OH excluding ortho intramolecular Hbond substituents is 1. The first kappa shape index (κ1) is 24.1. The Bertz CT molecular complexity index is 1390. The van der Waals surface area contributed by atoms with Gasteiger partial charge in [0.1, 0.15) is 6.10 Å². The zero-order valence-electron chi connectivity index (χ0n) is 22.4. The van der Waals surface area contributed by atoms with Crippen molar-refractivity contribution in [2.75, 3.05) is 20.1 Å². The highest BCUT2D eigenvalue weighted by atomic mass is 16.5. The number of piperidine rings is 1. The third-order valence-electron chi connectivity index (χ3n) is 10.2. The normalized spacial score (nSPS) is 34.5. The molecule has 3 fully saturated rings. The average molecular weight is 513 g/mol. The van der Waals surface area contributed by atoms with Crippen LogP contribution in [0, 0.1) is 30.6 Å². The Morgan fingerprint density at radius 1 is 1.26 bits per heavy atom. The summed E-state index contributed by atoms with van der Waals surface area (Å²) < 4.78 is 6.67. The Hall–Kier alpha value is -3.01. The van der Waals surface area contributed by atoms with Crippen LogP contribution in [0.1, 0.15) is 54.9 Å². The lowest BCUT2D eigenvalue weighted by Gasteiger charge is -2.66. The van der Waals surface area contributed by atoms with Gasteiger partial charge in [0.2, 0.25) is 0 Å². The van der Waals surface area contributed by atoms with Crippen LogP contribution in [0.3, 0.4) is 0 Å². The molecule has 6 heteroatoms. The second-order valence-electron chi connectivity index (χ2n) is 12.5. The summed E-state index contributed by atoms with van der Waals surface area (Å²) in [7, 11) is 1.81. The molecule has 1 amide bonds. The number of hydrogen-bond acceptors (Lipinski definition) is 5. The van der Waals surface area contributed by atoms with Crippen LogP contribution in [0.5, 0.6) is 11.5 Å². The number of aryl methyl sites for hydroxylation is 1. The summed E-state index contributed by atoms with van der Waals surface area (Å²) in [5, 5.41) is 23.6. The van der Waals surface area contributed by atoms with Gasteiger partial charge in [0.05, 0.1) is 17.1 Å². The van der Waals surface area contributed by atoms with Crippen molar-refractivity contribution in [2.45, 2.75) is 75.2 Å². The summed E-state index contributed by atoms with van der Waals surface area (Å²) >= 11 is 0. The Balaban J connectivity index is 1.29. The molecule has 1 spiro atoms. The van der Waals surface area contributed by atoms with Gasteiger partial charge in [-0.3, -0.25) is 9.69 Å². The highest BCUT2D eigenvalue weighted by molar-refractivity contribution is 5.94. The van der Waals surface area contributed by atoms with E-state index in [4.69, 9.17) is 4.74 Å². The minimum Gasteiger partial charge on any atom is -0.504 e. The lowest BCUT2D eigenvalue weighted by Crippen LogP contribution is -2.79. The van der Waals surface area contributed by atoms with E-state index in [9.17, 15) is 15.0 Å². The van der Waals surface area contributed by atoms with Crippen LogP contribution in [0.2, 0.25) is 0 Å². The molecule has 5 aliphatic rings. The van der Waals surface area contributed by atoms with Gasteiger partial charge in [0, 0.05) is 36.7 Å². The first-order chi connectivity index (χ1) is 18.2. The fourth-order valence-electron chi connectivity index (χ4n) is 8.39. The van der Waals surface area contributed by atoms with E-state index < -0.39 is 17.1 Å². The molecule has 38 heavy (non-hydrogen) atoms. The van der Waals surface area contributed by atoms with E-state index in [2.05, 4.69) is 23.7 Å². The molecular formula is C32H36N2O4. The van der Waals surface area contributed by atoms with Crippen LogP contribution in [0.4, 0.5) is 0 Å². The van der Waals surface area contributed by atoms with E-state index in [1.54, 1.807) is 11.0 Å². The number of likely N-dealkylation sites (N-methyl/N-ethyl adjacent to an activating group) is 1. The maximum absolute atomic E-state index is 13.4.